The van der Waals surface area contributed by atoms with Crippen LogP contribution in [0.25, 0.3) is 11.3 Å². The van der Waals surface area contributed by atoms with Gasteiger partial charge in [0.2, 0.25) is 0 Å². The lowest BCUT2D eigenvalue weighted by atomic mass is 10.1. The van der Waals surface area contributed by atoms with Gasteiger partial charge >= 0.3 is 0 Å². The molecule has 0 spiro atoms. The van der Waals surface area contributed by atoms with Crippen LogP contribution in [0.5, 0.6) is 0 Å². The molecule has 7 heteroatoms. The molecule has 0 fully saturated rings. The van der Waals surface area contributed by atoms with E-state index in [1.807, 2.05) is 25.1 Å². The second kappa shape index (κ2) is 11.9. The molecule has 0 bridgehead atoms. The third-order valence-electron chi connectivity index (χ3n) is 4.72. The molecule has 0 N–H and O–H groups in total. The normalized spacial score (nSPS) is 11.8. The number of ether oxygens (including phenoxy) is 1. The highest BCUT2D eigenvalue weighted by Crippen LogP contribution is 2.39. The maximum atomic E-state index is 6.46. The van der Waals surface area contributed by atoms with Crippen LogP contribution in [0.4, 0.5) is 5.13 Å². The first-order valence-electron chi connectivity index (χ1n) is 9.87. The summed E-state index contributed by atoms with van der Waals surface area (Å²) in [5, 5.41) is 2.23. The lowest BCUT2D eigenvalue weighted by molar-refractivity contribution is 0.130. The van der Waals surface area contributed by atoms with E-state index in [-0.39, 0.29) is 18.4 Å². The molecule has 3 nitrogen and oxygen atoms in total. The number of rotatable bonds is 9. The van der Waals surface area contributed by atoms with Gasteiger partial charge in [-0.3, -0.25) is 0 Å². The molecule has 1 atom stereocenters. The average molecular weight is 486 g/mol. The van der Waals surface area contributed by atoms with Crippen LogP contribution in [0.2, 0.25) is 10.0 Å². The largest absolute Gasteiger partial charge is 0.379 e. The molecule has 1 unspecified atom stereocenters. The zero-order valence-corrected chi connectivity index (χ0v) is 20.5. The van der Waals surface area contributed by atoms with Crippen molar-refractivity contribution in [3.8, 4) is 11.3 Å². The second-order valence-corrected chi connectivity index (χ2v) is 8.83. The van der Waals surface area contributed by atoms with Crippen molar-refractivity contribution in [1.29, 1.82) is 0 Å². The number of aromatic nitrogens is 1. The predicted molar refractivity (Wildman–Crippen MR) is 133 cm³/mol. The standard InChI is InChI=1S/C23H26Cl2N2OS.ClH/c1-4-13-27(21(15-28-5-2)17-9-7-6-8-10-17)23-26-22(16(3)29-23)19-12-11-18(24)14-20(19)25;/h6-12,14,21H,4-5,13,15H2,1-3H3;1H. The number of aryl methyl sites for hydroxylation is 1. The molecule has 2 aromatic carbocycles. The Morgan fingerprint density at radius 1 is 1.10 bits per heavy atom. The molecule has 3 aromatic rings. The molecular weight excluding hydrogens is 459 g/mol. The molecule has 3 rings (SSSR count). The van der Waals surface area contributed by atoms with Gasteiger partial charge < -0.3 is 9.64 Å². The third-order valence-corrected chi connectivity index (χ3v) is 6.28. The molecule has 0 aliphatic carbocycles. The number of benzene rings is 2. The molecule has 0 radical (unpaired) electrons. The minimum atomic E-state index is 0. The summed E-state index contributed by atoms with van der Waals surface area (Å²) in [5.74, 6) is 0. The summed E-state index contributed by atoms with van der Waals surface area (Å²) in [6.07, 6.45) is 1.02. The molecule has 0 aliphatic rings. The highest BCUT2D eigenvalue weighted by molar-refractivity contribution is 7.16. The molecule has 162 valence electrons. The van der Waals surface area contributed by atoms with Gasteiger partial charge in [-0.2, -0.15) is 0 Å². The van der Waals surface area contributed by atoms with Crippen molar-refractivity contribution in [3.63, 3.8) is 0 Å². The van der Waals surface area contributed by atoms with Crippen molar-refractivity contribution >= 4 is 52.1 Å². The molecule has 1 heterocycles. The lowest BCUT2D eigenvalue weighted by Gasteiger charge is -2.31. The fourth-order valence-electron chi connectivity index (χ4n) is 3.33. The average Bonchev–Trinajstić information content (AvgIpc) is 3.09. The molecule has 0 aliphatic heterocycles. The van der Waals surface area contributed by atoms with Crippen molar-refractivity contribution in [2.24, 2.45) is 0 Å². The number of anilines is 1. The van der Waals surface area contributed by atoms with Crippen LogP contribution >= 0.6 is 46.9 Å². The van der Waals surface area contributed by atoms with E-state index in [0.29, 0.717) is 23.3 Å². The van der Waals surface area contributed by atoms with E-state index >= 15 is 0 Å². The van der Waals surface area contributed by atoms with Crippen LogP contribution < -0.4 is 4.90 Å². The Hall–Kier alpha value is -1.30. The molecule has 0 amide bonds. The molecular formula is C23H27Cl3N2OS. The smallest absolute Gasteiger partial charge is 0.186 e. The van der Waals surface area contributed by atoms with Crippen molar-refractivity contribution in [3.05, 3.63) is 69.0 Å². The van der Waals surface area contributed by atoms with Gasteiger partial charge in [0.15, 0.2) is 5.13 Å². The summed E-state index contributed by atoms with van der Waals surface area (Å²) in [4.78, 5) is 8.50. The van der Waals surface area contributed by atoms with Crippen LogP contribution in [-0.2, 0) is 4.74 Å². The van der Waals surface area contributed by atoms with Gasteiger partial charge in [0.25, 0.3) is 0 Å². The summed E-state index contributed by atoms with van der Waals surface area (Å²) in [6, 6.07) is 16.2. The van der Waals surface area contributed by atoms with Crippen LogP contribution in [0.1, 0.15) is 36.8 Å². The van der Waals surface area contributed by atoms with Crippen LogP contribution in [-0.4, -0.2) is 24.7 Å². The van der Waals surface area contributed by atoms with Crippen molar-refractivity contribution < 1.29 is 4.74 Å². The Labute approximate surface area is 199 Å². The van der Waals surface area contributed by atoms with Crippen molar-refractivity contribution in [2.75, 3.05) is 24.7 Å². The summed E-state index contributed by atoms with van der Waals surface area (Å²) in [5.41, 5.74) is 3.05. The maximum absolute atomic E-state index is 6.46. The van der Waals surface area contributed by atoms with E-state index in [9.17, 15) is 0 Å². The predicted octanol–water partition coefficient (Wildman–Crippen LogP) is 7.84. The van der Waals surface area contributed by atoms with E-state index in [1.165, 1.54) is 5.56 Å². The summed E-state index contributed by atoms with van der Waals surface area (Å²) < 4.78 is 5.85. The zero-order valence-electron chi connectivity index (χ0n) is 17.4. The Bertz CT molecular complexity index is 933. The Kier molecular flexibility index (Phi) is 9.92. The first-order chi connectivity index (χ1) is 14.0. The Morgan fingerprint density at radius 3 is 2.47 bits per heavy atom. The van der Waals surface area contributed by atoms with Gasteiger partial charge in [-0.15, -0.1) is 23.7 Å². The van der Waals surface area contributed by atoms with Crippen molar-refractivity contribution in [2.45, 2.75) is 33.2 Å². The van der Waals surface area contributed by atoms with Gasteiger partial charge in [0.05, 0.1) is 23.4 Å². The van der Waals surface area contributed by atoms with Gasteiger partial charge in [-0.25, -0.2) is 4.98 Å². The number of halogens is 3. The first kappa shape index (κ1) is 25.0. The topological polar surface area (TPSA) is 25.4 Å². The zero-order chi connectivity index (χ0) is 20.8. The summed E-state index contributed by atoms with van der Waals surface area (Å²) in [6.45, 7) is 8.51. The Morgan fingerprint density at radius 2 is 1.83 bits per heavy atom. The monoisotopic (exact) mass is 484 g/mol. The van der Waals surface area contributed by atoms with E-state index in [2.05, 4.69) is 43.0 Å². The second-order valence-electron chi connectivity index (χ2n) is 6.80. The van der Waals surface area contributed by atoms with E-state index in [4.69, 9.17) is 32.9 Å². The van der Waals surface area contributed by atoms with Crippen LogP contribution in [0, 0.1) is 6.92 Å². The van der Waals surface area contributed by atoms with E-state index in [0.717, 1.165) is 34.2 Å². The van der Waals surface area contributed by atoms with E-state index in [1.54, 1.807) is 17.4 Å². The molecule has 0 saturated carbocycles. The van der Waals surface area contributed by atoms with Gasteiger partial charge in [0.1, 0.15) is 0 Å². The summed E-state index contributed by atoms with van der Waals surface area (Å²) >= 11 is 14.2. The quantitative estimate of drug-likeness (QED) is 0.308. The van der Waals surface area contributed by atoms with Gasteiger partial charge in [0, 0.05) is 28.6 Å². The van der Waals surface area contributed by atoms with Crippen LogP contribution in [0.3, 0.4) is 0 Å². The minimum absolute atomic E-state index is 0. The molecule has 1 aromatic heterocycles. The SMILES string of the molecule is CCCN(c1nc(-c2ccc(Cl)cc2Cl)c(C)s1)C(COCC)c1ccccc1.Cl. The maximum Gasteiger partial charge on any atom is 0.186 e. The summed E-state index contributed by atoms with van der Waals surface area (Å²) in [7, 11) is 0. The minimum Gasteiger partial charge on any atom is -0.379 e. The van der Waals surface area contributed by atoms with Gasteiger partial charge in [-0.05, 0) is 44.0 Å². The van der Waals surface area contributed by atoms with Crippen molar-refractivity contribution in [1.82, 2.24) is 4.98 Å². The van der Waals surface area contributed by atoms with Gasteiger partial charge in [-0.1, -0.05) is 60.5 Å². The van der Waals surface area contributed by atoms with Crippen LogP contribution in [0.15, 0.2) is 48.5 Å². The number of hydrogen-bond acceptors (Lipinski definition) is 4. The number of hydrogen-bond donors (Lipinski definition) is 0. The highest BCUT2D eigenvalue weighted by atomic mass is 35.5. The highest BCUT2D eigenvalue weighted by Gasteiger charge is 2.25. The first-order valence-corrected chi connectivity index (χ1v) is 11.4. The number of nitrogens with zero attached hydrogens (tertiary/aromatic N) is 2. The van der Waals surface area contributed by atoms with E-state index < -0.39 is 0 Å². The fourth-order valence-corrected chi connectivity index (χ4v) is 4.83. The third kappa shape index (κ3) is 5.89. The number of thiazole rings is 1. The Balaban J connectivity index is 0.00000320. The molecule has 30 heavy (non-hydrogen) atoms. The fraction of sp³-hybridized carbons (Fsp3) is 0.348. The molecule has 0 saturated heterocycles. The lowest BCUT2D eigenvalue weighted by Crippen LogP contribution is -2.32.